The predicted molar refractivity (Wildman–Crippen MR) is 175 cm³/mol. The Labute approximate surface area is 270 Å². The number of rotatable bonds is 13. The van der Waals surface area contributed by atoms with Gasteiger partial charge in [0, 0.05) is 22.6 Å². The Bertz CT molecular complexity index is 1530. The van der Waals surface area contributed by atoms with Gasteiger partial charge in [-0.15, -0.1) is 0 Å². The number of carbonyl (C=O) groups excluding carboxylic acids is 2. The molecule has 1 aliphatic carbocycles. The number of hydrogen-bond donors (Lipinski definition) is 1. The van der Waals surface area contributed by atoms with Crippen molar-refractivity contribution in [3.63, 3.8) is 0 Å². The molecular formula is C33H39Cl2N3O5S. The molecule has 0 unspecified atom stereocenters. The van der Waals surface area contributed by atoms with Crippen LogP contribution in [0.3, 0.4) is 0 Å². The second-order valence-electron chi connectivity index (χ2n) is 10.8. The normalized spacial score (nSPS) is 14.5. The topological polar surface area (TPSA) is 96.0 Å². The molecule has 1 aliphatic rings. The van der Waals surface area contributed by atoms with Crippen molar-refractivity contribution in [2.24, 2.45) is 0 Å². The van der Waals surface area contributed by atoms with Crippen LogP contribution >= 0.6 is 23.2 Å². The molecule has 1 saturated carbocycles. The summed E-state index contributed by atoms with van der Waals surface area (Å²) < 4.78 is 35.1. The number of para-hydroxylation sites is 2. The highest BCUT2D eigenvalue weighted by atomic mass is 35.5. The van der Waals surface area contributed by atoms with Crippen LogP contribution in [0.4, 0.5) is 5.69 Å². The van der Waals surface area contributed by atoms with Gasteiger partial charge in [0.15, 0.2) is 0 Å². The molecule has 0 heterocycles. The minimum Gasteiger partial charge on any atom is -0.492 e. The molecule has 8 nitrogen and oxygen atoms in total. The van der Waals surface area contributed by atoms with Crippen LogP contribution in [0.2, 0.25) is 10.0 Å². The van der Waals surface area contributed by atoms with Crippen molar-refractivity contribution in [2.75, 3.05) is 17.5 Å². The SMILES string of the molecule is CCOc1ccccc1N(CC(=O)N(Cc1ccc(Cl)cc1Cl)[C@@H](CC)C(=O)NC1CCCCC1)S(=O)(=O)c1ccccc1. The number of nitrogens with zero attached hydrogens (tertiary/aromatic N) is 2. The highest BCUT2D eigenvalue weighted by molar-refractivity contribution is 7.92. The Kier molecular flexibility index (Phi) is 11.9. The fourth-order valence-corrected chi connectivity index (χ4v) is 7.38. The first kappa shape index (κ1) is 33.6. The first-order chi connectivity index (χ1) is 21.1. The van der Waals surface area contributed by atoms with Crippen molar-refractivity contribution < 1.29 is 22.7 Å². The van der Waals surface area contributed by atoms with Gasteiger partial charge in [0.2, 0.25) is 11.8 Å². The van der Waals surface area contributed by atoms with Crippen LogP contribution in [0.15, 0.2) is 77.7 Å². The van der Waals surface area contributed by atoms with E-state index in [2.05, 4.69) is 5.32 Å². The molecule has 236 valence electrons. The van der Waals surface area contributed by atoms with Gasteiger partial charge < -0.3 is 15.0 Å². The van der Waals surface area contributed by atoms with Crippen molar-refractivity contribution >= 4 is 50.7 Å². The molecule has 0 saturated heterocycles. The third-order valence-electron chi connectivity index (χ3n) is 7.74. The molecule has 0 bridgehead atoms. The van der Waals surface area contributed by atoms with Crippen molar-refractivity contribution in [3.05, 3.63) is 88.4 Å². The van der Waals surface area contributed by atoms with E-state index >= 15 is 0 Å². The van der Waals surface area contributed by atoms with Crippen LogP contribution in [-0.2, 0) is 26.2 Å². The number of anilines is 1. The van der Waals surface area contributed by atoms with Gasteiger partial charge in [-0.25, -0.2) is 8.42 Å². The van der Waals surface area contributed by atoms with Gasteiger partial charge in [-0.05, 0) is 68.1 Å². The summed E-state index contributed by atoms with van der Waals surface area (Å²) in [6, 6.07) is 18.7. The van der Waals surface area contributed by atoms with E-state index < -0.39 is 28.5 Å². The highest BCUT2D eigenvalue weighted by Crippen LogP contribution is 2.33. The Morgan fingerprint density at radius 2 is 1.64 bits per heavy atom. The number of carbonyl (C=O) groups is 2. The molecule has 1 fully saturated rings. The van der Waals surface area contributed by atoms with Gasteiger partial charge in [-0.2, -0.15) is 0 Å². The summed E-state index contributed by atoms with van der Waals surface area (Å²) in [5.74, 6) is -0.519. The van der Waals surface area contributed by atoms with E-state index in [4.69, 9.17) is 27.9 Å². The standard InChI is InChI=1S/C33H39Cl2N3O5S/c1-3-29(33(40)36-26-13-7-5-8-14-26)37(22-24-19-20-25(34)21-28(24)35)32(39)23-38(30-17-11-12-18-31(30)43-4-2)44(41,42)27-15-9-6-10-16-27/h6,9-12,15-21,26,29H,3-5,7-8,13-14,22-23H2,1-2H3,(H,36,40)/t29-/m0/s1. The molecule has 11 heteroatoms. The molecule has 2 amide bonds. The lowest BCUT2D eigenvalue weighted by Crippen LogP contribution is -2.54. The lowest BCUT2D eigenvalue weighted by Gasteiger charge is -2.35. The molecular weight excluding hydrogens is 621 g/mol. The monoisotopic (exact) mass is 659 g/mol. The molecule has 44 heavy (non-hydrogen) atoms. The zero-order valence-corrected chi connectivity index (χ0v) is 27.4. The fraction of sp³-hybridized carbons (Fsp3) is 0.394. The predicted octanol–water partition coefficient (Wildman–Crippen LogP) is 6.84. The average Bonchev–Trinajstić information content (AvgIpc) is 3.02. The Morgan fingerprint density at radius 3 is 2.30 bits per heavy atom. The van der Waals surface area contributed by atoms with E-state index in [0.717, 1.165) is 36.4 Å². The molecule has 1 atom stereocenters. The van der Waals surface area contributed by atoms with E-state index in [1.165, 1.54) is 17.0 Å². The van der Waals surface area contributed by atoms with E-state index in [1.807, 2.05) is 6.92 Å². The molecule has 3 aromatic carbocycles. The molecule has 0 radical (unpaired) electrons. The van der Waals surface area contributed by atoms with Crippen LogP contribution in [0, 0.1) is 0 Å². The number of sulfonamides is 1. The van der Waals surface area contributed by atoms with Gasteiger partial charge in [-0.3, -0.25) is 13.9 Å². The summed E-state index contributed by atoms with van der Waals surface area (Å²) in [6.07, 6.45) is 5.30. The summed E-state index contributed by atoms with van der Waals surface area (Å²) in [6.45, 7) is 3.34. The molecule has 0 aromatic heterocycles. The summed E-state index contributed by atoms with van der Waals surface area (Å²) >= 11 is 12.7. The summed E-state index contributed by atoms with van der Waals surface area (Å²) in [7, 11) is -4.22. The van der Waals surface area contributed by atoms with Crippen LogP contribution < -0.4 is 14.4 Å². The third-order valence-corrected chi connectivity index (χ3v) is 10.1. The van der Waals surface area contributed by atoms with Crippen molar-refractivity contribution in [1.82, 2.24) is 10.2 Å². The molecule has 0 aliphatic heterocycles. The first-order valence-electron chi connectivity index (χ1n) is 15.0. The van der Waals surface area contributed by atoms with Crippen molar-refractivity contribution in [2.45, 2.75) is 75.9 Å². The Morgan fingerprint density at radius 1 is 0.955 bits per heavy atom. The van der Waals surface area contributed by atoms with E-state index in [-0.39, 0.29) is 29.1 Å². The fourth-order valence-electron chi connectivity index (χ4n) is 5.47. The quantitative estimate of drug-likeness (QED) is 0.217. The van der Waals surface area contributed by atoms with E-state index in [1.54, 1.807) is 67.6 Å². The Balaban J connectivity index is 1.75. The number of halogens is 2. The minimum absolute atomic E-state index is 0.0161. The van der Waals surface area contributed by atoms with Crippen LogP contribution in [-0.4, -0.2) is 50.4 Å². The van der Waals surface area contributed by atoms with Gasteiger partial charge in [0.05, 0.1) is 17.2 Å². The van der Waals surface area contributed by atoms with Crippen LogP contribution in [0.5, 0.6) is 5.75 Å². The first-order valence-corrected chi connectivity index (χ1v) is 17.2. The zero-order chi connectivity index (χ0) is 31.7. The maximum Gasteiger partial charge on any atom is 0.264 e. The molecule has 1 N–H and O–H groups in total. The number of nitrogens with one attached hydrogen (secondary N) is 1. The Hall–Kier alpha value is -3.27. The molecule has 0 spiro atoms. The zero-order valence-electron chi connectivity index (χ0n) is 25.0. The minimum atomic E-state index is -4.22. The van der Waals surface area contributed by atoms with Gasteiger partial charge in [0.1, 0.15) is 18.3 Å². The van der Waals surface area contributed by atoms with Crippen LogP contribution in [0.1, 0.15) is 57.9 Å². The maximum atomic E-state index is 14.4. The summed E-state index contributed by atoms with van der Waals surface area (Å²) in [4.78, 5) is 29.5. The van der Waals surface area contributed by atoms with Crippen LogP contribution in [0.25, 0.3) is 0 Å². The largest absolute Gasteiger partial charge is 0.492 e. The number of amides is 2. The van der Waals surface area contributed by atoms with Gasteiger partial charge in [0.25, 0.3) is 10.0 Å². The second kappa shape index (κ2) is 15.6. The molecule has 4 rings (SSSR count). The molecule has 3 aromatic rings. The van der Waals surface area contributed by atoms with E-state index in [0.29, 0.717) is 34.4 Å². The lowest BCUT2D eigenvalue weighted by atomic mass is 9.95. The van der Waals surface area contributed by atoms with E-state index in [9.17, 15) is 18.0 Å². The van der Waals surface area contributed by atoms with Crippen molar-refractivity contribution in [1.29, 1.82) is 0 Å². The smallest absolute Gasteiger partial charge is 0.264 e. The third kappa shape index (κ3) is 8.25. The summed E-state index contributed by atoms with van der Waals surface area (Å²) in [5, 5.41) is 3.92. The van der Waals surface area contributed by atoms with Crippen molar-refractivity contribution in [3.8, 4) is 5.75 Å². The van der Waals surface area contributed by atoms with Gasteiger partial charge in [-0.1, -0.05) is 85.8 Å². The highest BCUT2D eigenvalue weighted by Gasteiger charge is 2.35. The lowest BCUT2D eigenvalue weighted by molar-refractivity contribution is -0.140. The number of hydrogen-bond acceptors (Lipinski definition) is 5. The average molecular weight is 661 g/mol. The second-order valence-corrected chi connectivity index (χ2v) is 13.5. The summed E-state index contributed by atoms with van der Waals surface area (Å²) in [5.41, 5.74) is 0.802. The number of ether oxygens (including phenoxy) is 1. The maximum absolute atomic E-state index is 14.4. The van der Waals surface area contributed by atoms with Gasteiger partial charge >= 0.3 is 0 Å². The number of benzene rings is 3.